The molecule has 1 aromatic heterocycles. The molecule has 0 atom stereocenters. The molecule has 0 amide bonds. The summed E-state index contributed by atoms with van der Waals surface area (Å²) in [5.41, 5.74) is 5.05. The van der Waals surface area contributed by atoms with Gasteiger partial charge in [0.25, 0.3) is 10.0 Å². The number of thiophene rings is 1. The highest BCUT2D eigenvalue weighted by molar-refractivity contribution is 7.91. The van der Waals surface area contributed by atoms with Gasteiger partial charge in [0.05, 0.1) is 0 Å². The zero-order valence-corrected chi connectivity index (χ0v) is 11.7. The first-order chi connectivity index (χ1) is 7.19. The Bertz CT molecular complexity index is 457. The Morgan fingerprint density at radius 1 is 1.38 bits per heavy atom. The van der Waals surface area contributed by atoms with Crippen molar-refractivity contribution in [3.63, 3.8) is 0 Å². The molecule has 0 bridgehead atoms. The average molecular weight is 262 g/mol. The number of nitrogens with zero attached hydrogens (tertiary/aromatic N) is 1. The molecule has 0 unspecified atom stereocenters. The fraction of sp³-hybridized carbons (Fsp3) is 0.600. The van der Waals surface area contributed by atoms with Crippen LogP contribution in [0.1, 0.15) is 25.6 Å². The van der Waals surface area contributed by atoms with Gasteiger partial charge in [0.2, 0.25) is 0 Å². The van der Waals surface area contributed by atoms with Crippen molar-refractivity contribution in [2.75, 3.05) is 7.05 Å². The lowest BCUT2D eigenvalue weighted by atomic mass is 10.1. The van der Waals surface area contributed by atoms with Crippen LogP contribution in [0.3, 0.4) is 0 Å². The van der Waals surface area contributed by atoms with E-state index in [0.29, 0.717) is 10.8 Å². The molecule has 0 aliphatic carbocycles. The zero-order valence-electron chi connectivity index (χ0n) is 10.0. The van der Waals surface area contributed by atoms with E-state index in [1.807, 2.05) is 20.8 Å². The quantitative estimate of drug-likeness (QED) is 0.900. The minimum atomic E-state index is -3.39. The topological polar surface area (TPSA) is 63.4 Å². The van der Waals surface area contributed by atoms with Crippen molar-refractivity contribution in [2.45, 2.75) is 37.1 Å². The van der Waals surface area contributed by atoms with Crippen LogP contribution in [-0.4, -0.2) is 25.3 Å². The van der Waals surface area contributed by atoms with Crippen molar-refractivity contribution < 1.29 is 8.42 Å². The SMILES string of the molecule is CN(C(C)(C)C)S(=O)(=O)c1ccc(CN)s1. The maximum Gasteiger partial charge on any atom is 0.252 e. The van der Waals surface area contributed by atoms with Crippen molar-refractivity contribution in [3.8, 4) is 0 Å². The summed E-state index contributed by atoms with van der Waals surface area (Å²) in [4.78, 5) is 0.876. The van der Waals surface area contributed by atoms with E-state index in [1.165, 1.54) is 15.6 Å². The number of hydrogen-bond donors (Lipinski definition) is 1. The van der Waals surface area contributed by atoms with Gasteiger partial charge in [-0.3, -0.25) is 0 Å². The molecule has 0 fully saturated rings. The molecule has 0 saturated carbocycles. The second kappa shape index (κ2) is 4.44. The third-order valence-electron chi connectivity index (χ3n) is 2.40. The van der Waals surface area contributed by atoms with Gasteiger partial charge in [-0.25, -0.2) is 8.42 Å². The molecular formula is C10H18N2O2S2. The van der Waals surface area contributed by atoms with E-state index in [4.69, 9.17) is 5.73 Å². The van der Waals surface area contributed by atoms with E-state index < -0.39 is 15.6 Å². The van der Waals surface area contributed by atoms with E-state index in [-0.39, 0.29) is 0 Å². The van der Waals surface area contributed by atoms with Crippen molar-refractivity contribution in [1.29, 1.82) is 0 Å². The molecule has 0 aliphatic rings. The Hall–Kier alpha value is -0.430. The van der Waals surface area contributed by atoms with Gasteiger partial charge in [-0.2, -0.15) is 4.31 Å². The fourth-order valence-corrected chi connectivity index (χ4v) is 4.02. The lowest BCUT2D eigenvalue weighted by Crippen LogP contribution is -2.42. The van der Waals surface area contributed by atoms with Gasteiger partial charge in [-0.1, -0.05) is 0 Å². The van der Waals surface area contributed by atoms with E-state index >= 15 is 0 Å². The summed E-state index contributed by atoms with van der Waals surface area (Å²) in [6.07, 6.45) is 0. The molecule has 6 heteroatoms. The van der Waals surface area contributed by atoms with Crippen LogP contribution in [-0.2, 0) is 16.6 Å². The van der Waals surface area contributed by atoms with Crippen molar-refractivity contribution in [3.05, 3.63) is 17.0 Å². The minimum Gasteiger partial charge on any atom is -0.326 e. The van der Waals surface area contributed by atoms with E-state index in [2.05, 4.69) is 0 Å². The summed E-state index contributed by atoms with van der Waals surface area (Å²) >= 11 is 1.23. The summed E-state index contributed by atoms with van der Waals surface area (Å²) in [6.45, 7) is 5.96. The van der Waals surface area contributed by atoms with Gasteiger partial charge in [0.15, 0.2) is 0 Å². The predicted molar refractivity (Wildman–Crippen MR) is 66.9 cm³/mol. The van der Waals surface area contributed by atoms with Gasteiger partial charge in [-0.05, 0) is 32.9 Å². The van der Waals surface area contributed by atoms with Crippen molar-refractivity contribution >= 4 is 21.4 Å². The molecule has 92 valence electrons. The average Bonchev–Trinajstić information content (AvgIpc) is 2.63. The van der Waals surface area contributed by atoms with Crippen molar-refractivity contribution in [2.24, 2.45) is 5.73 Å². The highest BCUT2D eigenvalue weighted by atomic mass is 32.2. The highest BCUT2D eigenvalue weighted by Crippen LogP contribution is 2.27. The van der Waals surface area contributed by atoms with E-state index in [9.17, 15) is 8.42 Å². The molecule has 1 rings (SSSR count). The molecule has 0 aliphatic heterocycles. The molecule has 2 N–H and O–H groups in total. The van der Waals surface area contributed by atoms with Crippen LogP contribution in [0.15, 0.2) is 16.3 Å². The Kier molecular flexibility index (Phi) is 3.79. The first-order valence-electron chi connectivity index (χ1n) is 4.97. The first-order valence-corrected chi connectivity index (χ1v) is 7.23. The smallest absolute Gasteiger partial charge is 0.252 e. The van der Waals surface area contributed by atoms with E-state index in [1.54, 1.807) is 19.2 Å². The van der Waals surface area contributed by atoms with Crippen molar-refractivity contribution in [1.82, 2.24) is 4.31 Å². The van der Waals surface area contributed by atoms with Crippen LogP contribution in [0, 0.1) is 0 Å². The monoisotopic (exact) mass is 262 g/mol. The lowest BCUT2D eigenvalue weighted by Gasteiger charge is -2.30. The fourth-order valence-electron chi connectivity index (χ4n) is 1.10. The Morgan fingerprint density at radius 2 is 1.94 bits per heavy atom. The molecular weight excluding hydrogens is 244 g/mol. The maximum absolute atomic E-state index is 12.2. The number of rotatable bonds is 3. The lowest BCUT2D eigenvalue weighted by molar-refractivity contribution is 0.292. The largest absolute Gasteiger partial charge is 0.326 e. The van der Waals surface area contributed by atoms with Crippen LogP contribution in [0.25, 0.3) is 0 Å². The molecule has 0 spiro atoms. The van der Waals surface area contributed by atoms with Crippen LogP contribution in [0.4, 0.5) is 0 Å². The van der Waals surface area contributed by atoms with Crippen LogP contribution < -0.4 is 5.73 Å². The highest BCUT2D eigenvalue weighted by Gasteiger charge is 2.31. The third-order valence-corrected chi connectivity index (χ3v) is 6.10. The Morgan fingerprint density at radius 3 is 2.31 bits per heavy atom. The van der Waals surface area contributed by atoms with Crippen LogP contribution >= 0.6 is 11.3 Å². The molecule has 16 heavy (non-hydrogen) atoms. The van der Waals surface area contributed by atoms with Crippen LogP contribution in [0.5, 0.6) is 0 Å². The summed E-state index contributed by atoms with van der Waals surface area (Å²) < 4.78 is 26.1. The van der Waals surface area contributed by atoms with Gasteiger partial charge in [0.1, 0.15) is 4.21 Å². The molecule has 1 heterocycles. The summed E-state index contributed by atoms with van der Waals surface area (Å²) in [5, 5.41) is 0. The van der Waals surface area contributed by atoms with Gasteiger partial charge >= 0.3 is 0 Å². The Balaban J connectivity index is 3.12. The standard InChI is InChI=1S/C10H18N2O2S2/c1-10(2,3)12(4)16(13,14)9-6-5-8(7-11)15-9/h5-6H,7,11H2,1-4H3. The minimum absolute atomic E-state index is 0.352. The third kappa shape index (κ3) is 2.63. The zero-order chi connectivity index (χ0) is 12.6. The molecule has 4 nitrogen and oxygen atoms in total. The molecule has 0 radical (unpaired) electrons. The Labute approximate surface area is 101 Å². The molecule has 0 aromatic carbocycles. The van der Waals surface area contributed by atoms with Crippen LogP contribution in [0.2, 0.25) is 0 Å². The maximum atomic E-state index is 12.2. The number of hydrogen-bond acceptors (Lipinski definition) is 4. The van der Waals surface area contributed by atoms with Gasteiger partial charge in [-0.15, -0.1) is 11.3 Å². The van der Waals surface area contributed by atoms with Gasteiger partial charge < -0.3 is 5.73 Å². The number of sulfonamides is 1. The first kappa shape index (κ1) is 13.6. The van der Waals surface area contributed by atoms with E-state index in [0.717, 1.165) is 4.88 Å². The summed E-state index contributed by atoms with van der Waals surface area (Å²) in [5.74, 6) is 0. The summed E-state index contributed by atoms with van der Waals surface area (Å²) in [6, 6.07) is 3.37. The van der Waals surface area contributed by atoms with Gasteiger partial charge in [0, 0.05) is 24.0 Å². The number of nitrogens with two attached hydrogens (primary N) is 1. The summed E-state index contributed by atoms with van der Waals surface area (Å²) in [7, 11) is -1.80. The second-order valence-electron chi connectivity index (χ2n) is 4.57. The normalized spacial score (nSPS) is 13.4. The molecule has 0 saturated heterocycles. The second-order valence-corrected chi connectivity index (χ2v) is 7.93. The molecule has 1 aromatic rings. The predicted octanol–water partition coefficient (Wildman–Crippen LogP) is 1.63.